The number of halogens is 1. The summed E-state index contributed by atoms with van der Waals surface area (Å²) in [6, 6.07) is 10.9. The minimum absolute atomic E-state index is 0.0961. The van der Waals surface area contributed by atoms with Gasteiger partial charge in [-0.3, -0.25) is 0 Å². The molecule has 0 bridgehead atoms. The molecule has 6 heteroatoms. The highest BCUT2D eigenvalue weighted by molar-refractivity contribution is 7.89. The van der Waals surface area contributed by atoms with Gasteiger partial charge in [0.15, 0.2) is 0 Å². The van der Waals surface area contributed by atoms with Crippen LogP contribution < -0.4 is 10.5 Å². The molecule has 0 aromatic heterocycles. The van der Waals surface area contributed by atoms with Crippen LogP contribution in [0.3, 0.4) is 0 Å². The third-order valence-electron chi connectivity index (χ3n) is 3.33. The summed E-state index contributed by atoms with van der Waals surface area (Å²) in [5, 5.41) is 8.40. The molecule has 4 nitrogen and oxygen atoms in total. The van der Waals surface area contributed by atoms with Crippen LogP contribution in [0.25, 0.3) is 0 Å². The quantitative estimate of drug-likeness (QED) is 0.912. The Labute approximate surface area is 123 Å². The number of nitrogens with two attached hydrogens (primary N) is 1. The molecule has 21 heavy (non-hydrogen) atoms. The lowest BCUT2D eigenvalue weighted by Crippen LogP contribution is -2.15. The number of benzene rings is 2. The Kier molecular flexibility index (Phi) is 4.29. The zero-order valence-electron chi connectivity index (χ0n) is 11.8. The number of sulfonamides is 1. The van der Waals surface area contributed by atoms with Crippen LogP contribution in [0.5, 0.6) is 0 Å². The molecule has 2 aromatic carbocycles. The van der Waals surface area contributed by atoms with Gasteiger partial charge in [0.2, 0.25) is 10.0 Å². The molecule has 2 aromatic rings. The standard InChI is InChI=1S/C15H17FN2O2S/c1-10-14(4-3-5-15(10)21(17,19)20)18-11(2)12-6-8-13(16)9-7-12/h3-9,11,18H,1-2H3,(H2,17,19,20). The number of hydrogen-bond donors (Lipinski definition) is 2. The van der Waals surface area contributed by atoms with Crippen molar-refractivity contribution in [1.29, 1.82) is 0 Å². The molecule has 0 amide bonds. The van der Waals surface area contributed by atoms with Gasteiger partial charge in [-0.05, 0) is 49.2 Å². The van der Waals surface area contributed by atoms with Gasteiger partial charge in [-0.25, -0.2) is 17.9 Å². The third kappa shape index (κ3) is 3.59. The van der Waals surface area contributed by atoms with Crippen LogP contribution in [0.4, 0.5) is 10.1 Å². The zero-order valence-corrected chi connectivity index (χ0v) is 12.6. The second-order valence-electron chi connectivity index (χ2n) is 4.89. The van der Waals surface area contributed by atoms with Gasteiger partial charge in [-0.1, -0.05) is 18.2 Å². The Morgan fingerprint density at radius 3 is 2.33 bits per heavy atom. The maximum Gasteiger partial charge on any atom is 0.238 e. The summed E-state index contributed by atoms with van der Waals surface area (Å²) in [6.45, 7) is 3.61. The summed E-state index contributed by atoms with van der Waals surface area (Å²) in [7, 11) is -3.75. The van der Waals surface area contributed by atoms with Crippen LogP contribution in [0.1, 0.15) is 24.1 Å². The molecular formula is C15H17FN2O2S. The molecule has 0 aliphatic carbocycles. The first-order chi connectivity index (χ1) is 9.79. The smallest absolute Gasteiger partial charge is 0.238 e. The predicted octanol–water partition coefficient (Wildman–Crippen LogP) is 2.95. The zero-order chi connectivity index (χ0) is 15.6. The molecule has 1 atom stereocenters. The summed E-state index contributed by atoms with van der Waals surface area (Å²) in [5.41, 5.74) is 2.14. The molecule has 0 heterocycles. The van der Waals surface area contributed by atoms with Gasteiger partial charge in [0.25, 0.3) is 0 Å². The van der Waals surface area contributed by atoms with E-state index in [2.05, 4.69) is 5.32 Å². The molecule has 2 rings (SSSR count). The van der Waals surface area contributed by atoms with Gasteiger partial charge in [0, 0.05) is 11.7 Å². The van der Waals surface area contributed by atoms with E-state index in [0.717, 1.165) is 5.56 Å². The molecule has 0 radical (unpaired) electrons. The fourth-order valence-electron chi connectivity index (χ4n) is 2.15. The van der Waals surface area contributed by atoms with Gasteiger partial charge >= 0.3 is 0 Å². The monoisotopic (exact) mass is 308 g/mol. The molecular weight excluding hydrogens is 291 g/mol. The van der Waals surface area contributed by atoms with Crippen LogP contribution in [-0.4, -0.2) is 8.42 Å². The maximum atomic E-state index is 12.9. The van der Waals surface area contributed by atoms with E-state index in [0.29, 0.717) is 11.3 Å². The van der Waals surface area contributed by atoms with Crippen molar-refractivity contribution in [1.82, 2.24) is 0 Å². The highest BCUT2D eigenvalue weighted by Crippen LogP contribution is 2.26. The summed E-state index contributed by atoms with van der Waals surface area (Å²) >= 11 is 0. The number of anilines is 1. The molecule has 0 aliphatic heterocycles. The van der Waals surface area contributed by atoms with E-state index in [1.807, 2.05) is 6.92 Å². The van der Waals surface area contributed by atoms with Gasteiger partial charge in [-0.15, -0.1) is 0 Å². The molecule has 1 unspecified atom stereocenters. The van der Waals surface area contributed by atoms with Gasteiger partial charge in [0.05, 0.1) is 4.90 Å². The fourth-order valence-corrected chi connectivity index (χ4v) is 2.95. The van der Waals surface area contributed by atoms with E-state index in [1.165, 1.54) is 18.2 Å². The lowest BCUT2D eigenvalue weighted by atomic mass is 10.1. The van der Waals surface area contributed by atoms with Crippen LogP contribution in [0.2, 0.25) is 0 Å². The summed E-state index contributed by atoms with van der Waals surface area (Å²) in [4.78, 5) is 0.0961. The van der Waals surface area contributed by atoms with E-state index in [4.69, 9.17) is 5.14 Å². The number of nitrogens with one attached hydrogen (secondary N) is 1. The first kappa shape index (κ1) is 15.5. The Hall–Kier alpha value is -1.92. The largest absolute Gasteiger partial charge is 0.378 e. The van der Waals surface area contributed by atoms with Crippen LogP contribution in [0, 0.1) is 12.7 Å². The van der Waals surface area contributed by atoms with Crippen molar-refractivity contribution >= 4 is 15.7 Å². The van der Waals surface area contributed by atoms with E-state index in [9.17, 15) is 12.8 Å². The molecule has 0 aliphatic rings. The molecule has 0 saturated carbocycles. The van der Waals surface area contributed by atoms with Gasteiger partial charge < -0.3 is 5.32 Å². The summed E-state index contributed by atoms with van der Waals surface area (Å²) in [5.74, 6) is -0.293. The van der Waals surface area contributed by atoms with Gasteiger partial charge in [0.1, 0.15) is 5.82 Å². The minimum atomic E-state index is -3.75. The van der Waals surface area contributed by atoms with Crippen molar-refractivity contribution < 1.29 is 12.8 Å². The number of primary sulfonamides is 1. The van der Waals surface area contributed by atoms with E-state index < -0.39 is 10.0 Å². The second kappa shape index (κ2) is 5.83. The highest BCUT2D eigenvalue weighted by atomic mass is 32.2. The Bertz CT molecular complexity index is 743. The van der Waals surface area contributed by atoms with Crippen molar-refractivity contribution in [2.24, 2.45) is 5.14 Å². The van der Waals surface area contributed by atoms with Crippen molar-refractivity contribution in [3.05, 3.63) is 59.4 Å². The molecule has 112 valence electrons. The van der Waals surface area contributed by atoms with Crippen molar-refractivity contribution in [2.45, 2.75) is 24.8 Å². The number of hydrogen-bond acceptors (Lipinski definition) is 3. The Balaban J connectivity index is 2.30. The topological polar surface area (TPSA) is 72.2 Å². The SMILES string of the molecule is Cc1c(NC(C)c2ccc(F)cc2)cccc1S(N)(=O)=O. The second-order valence-corrected chi connectivity index (χ2v) is 6.42. The van der Waals surface area contributed by atoms with E-state index in [-0.39, 0.29) is 16.8 Å². The van der Waals surface area contributed by atoms with Gasteiger partial charge in [-0.2, -0.15) is 0 Å². The lowest BCUT2D eigenvalue weighted by molar-refractivity contribution is 0.597. The molecule has 3 N–H and O–H groups in total. The Morgan fingerprint density at radius 1 is 1.14 bits per heavy atom. The fraction of sp³-hybridized carbons (Fsp3) is 0.200. The number of rotatable bonds is 4. The van der Waals surface area contributed by atoms with Crippen molar-refractivity contribution in [3.63, 3.8) is 0 Å². The van der Waals surface area contributed by atoms with Crippen LogP contribution in [-0.2, 0) is 10.0 Å². The van der Waals surface area contributed by atoms with Crippen LogP contribution in [0.15, 0.2) is 47.4 Å². The first-order valence-corrected chi connectivity index (χ1v) is 7.98. The average molecular weight is 308 g/mol. The lowest BCUT2D eigenvalue weighted by Gasteiger charge is -2.18. The molecule has 0 fully saturated rings. The molecule has 0 saturated heterocycles. The maximum absolute atomic E-state index is 12.9. The Morgan fingerprint density at radius 2 is 1.76 bits per heavy atom. The first-order valence-electron chi connectivity index (χ1n) is 6.43. The highest BCUT2D eigenvalue weighted by Gasteiger charge is 2.15. The normalized spacial score (nSPS) is 13.0. The predicted molar refractivity (Wildman–Crippen MR) is 81.0 cm³/mol. The van der Waals surface area contributed by atoms with E-state index in [1.54, 1.807) is 31.2 Å². The minimum Gasteiger partial charge on any atom is -0.378 e. The van der Waals surface area contributed by atoms with Crippen LogP contribution >= 0.6 is 0 Å². The third-order valence-corrected chi connectivity index (χ3v) is 4.39. The average Bonchev–Trinajstić information content (AvgIpc) is 2.40. The molecule has 0 spiro atoms. The summed E-state index contributed by atoms with van der Waals surface area (Å²) in [6.07, 6.45) is 0. The van der Waals surface area contributed by atoms with Crippen molar-refractivity contribution in [3.8, 4) is 0 Å². The van der Waals surface area contributed by atoms with Crippen molar-refractivity contribution in [2.75, 3.05) is 5.32 Å². The summed E-state index contributed by atoms with van der Waals surface area (Å²) < 4.78 is 35.9. The van der Waals surface area contributed by atoms with E-state index >= 15 is 0 Å².